The number of ether oxygens (including phenoxy) is 1. The maximum atomic E-state index is 12.6. The molecule has 0 unspecified atom stereocenters. The van der Waals surface area contributed by atoms with Gasteiger partial charge in [0.25, 0.3) is 5.91 Å². The van der Waals surface area contributed by atoms with E-state index in [4.69, 9.17) is 4.74 Å². The van der Waals surface area contributed by atoms with Gasteiger partial charge in [0, 0.05) is 27.5 Å². The van der Waals surface area contributed by atoms with E-state index in [-0.39, 0.29) is 5.91 Å². The zero-order valence-corrected chi connectivity index (χ0v) is 15.5. The first-order valence-corrected chi connectivity index (χ1v) is 9.55. The molecule has 0 fully saturated rings. The van der Waals surface area contributed by atoms with Crippen LogP contribution in [0.5, 0.6) is 5.75 Å². The smallest absolute Gasteiger partial charge is 0.255 e. The Morgan fingerprint density at radius 2 is 1.65 bits per heavy atom. The Morgan fingerprint density at radius 3 is 2.35 bits per heavy atom. The van der Waals surface area contributed by atoms with E-state index in [1.807, 2.05) is 67.6 Å². The molecule has 0 aliphatic heterocycles. The maximum absolute atomic E-state index is 12.6. The summed E-state index contributed by atoms with van der Waals surface area (Å²) < 4.78 is 5.73. The molecule has 4 heteroatoms. The van der Waals surface area contributed by atoms with Gasteiger partial charge in [-0.05, 0) is 49.4 Å². The number of rotatable bonds is 7. The van der Waals surface area contributed by atoms with Crippen molar-refractivity contribution in [3.8, 4) is 5.75 Å². The third-order valence-electron chi connectivity index (χ3n) is 3.79. The summed E-state index contributed by atoms with van der Waals surface area (Å²) in [5.41, 5.74) is 2.42. The lowest BCUT2D eigenvalue weighted by Gasteiger charge is -2.12. The molecule has 0 heterocycles. The predicted octanol–water partition coefficient (Wildman–Crippen LogP) is 5.63. The van der Waals surface area contributed by atoms with Gasteiger partial charge in [0.1, 0.15) is 5.75 Å². The van der Waals surface area contributed by atoms with Crippen LogP contribution in [0.2, 0.25) is 0 Å². The molecule has 0 aliphatic rings. The van der Waals surface area contributed by atoms with Gasteiger partial charge >= 0.3 is 0 Å². The van der Waals surface area contributed by atoms with E-state index < -0.39 is 0 Å². The number of benzene rings is 3. The fourth-order valence-electron chi connectivity index (χ4n) is 2.53. The number of thioether (sulfide) groups is 1. The molecule has 3 aromatic rings. The van der Waals surface area contributed by atoms with Crippen LogP contribution in [0.25, 0.3) is 0 Å². The molecule has 0 aliphatic carbocycles. The molecule has 26 heavy (non-hydrogen) atoms. The molecule has 1 N–H and O–H groups in total. The van der Waals surface area contributed by atoms with Gasteiger partial charge in [-0.1, -0.05) is 36.4 Å². The molecule has 0 aromatic heterocycles. The number of amides is 1. The van der Waals surface area contributed by atoms with E-state index >= 15 is 0 Å². The quantitative estimate of drug-likeness (QED) is 0.553. The second kappa shape index (κ2) is 9.11. The minimum atomic E-state index is -0.120. The van der Waals surface area contributed by atoms with E-state index in [1.54, 1.807) is 17.8 Å². The zero-order valence-electron chi connectivity index (χ0n) is 14.6. The number of hydrogen-bond acceptors (Lipinski definition) is 3. The second-order valence-corrected chi connectivity index (χ2v) is 6.73. The first kappa shape index (κ1) is 18.1. The molecule has 0 atom stereocenters. The summed E-state index contributed by atoms with van der Waals surface area (Å²) in [6.45, 7) is 2.56. The van der Waals surface area contributed by atoms with Gasteiger partial charge in [0.05, 0.1) is 6.61 Å². The maximum Gasteiger partial charge on any atom is 0.255 e. The van der Waals surface area contributed by atoms with Crippen LogP contribution in [-0.2, 0) is 5.75 Å². The molecule has 3 nitrogen and oxygen atoms in total. The number of para-hydroxylation sites is 1. The predicted molar refractivity (Wildman–Crippen MR) is 108 cm³/mol. The minimum absolute atomic E-state index is 0.120. The highest BCUT2D eigenvalue weighted by Crippen LogP contribution is 2.29. The topological polar surface area (TPSA) is 38.3 Å². The van der Waals surface area contributed by atoms with Crippen LogP contribution < -0.4 is 10.1 Å². The summed E-state index contributed by atoms with van der Waals surface area (Å²) in [6, 6.07) is 25.3. The van der Waals surface area contributed by atoms with Crippen LogP contribution in [-0.4, -0.2) is 12.5 Å². The molecule has 0 saturated carbocycles. The second-order valence-electron chi connectivity index (χ2n) is 5.68. The van der Waals surface area contributed by atoms with Crippen molar-refractivity contribution >= 4 is 23.4 Å². The molecule has 3 aromatic carbocycles. The fourth-order valence-corrected chi connectivity index (χ4v) is 3.43. The zero-order chi connectivity index (χ0) is 18.2. The van der Waals surface area contributed by atoms with Gasteiger partial charge in [-0.25, -0.2) is 0 Å². The Morgan fingerprint density at radius 1 is 0.962 bits per heavy atom. The Bertz CT molecular complexity index is 851. The summed E-state index contributed by atoms with van der Waals surface area (Å²) in [4.78, 5) is 13.7. The van der Waals surface area contributed by atoms with Crippen molar-refractivity contribution in [1.29, 1.82) is 0 Å². The lowest BCUT2D eigenvalue weighted by Crippen LogP contribution is -2.12. The SMILES string of the molecule is CCOc1ccc(C(=O)Nc2ccccc2)cc1CSc1ccccc1. The molecule has 132 valence electrons. The summed E-state index contributed by atoms with van der Waals surface area (Å²) in [5.74, 6) is 1.45. The minimum Gasteiger partial charge on any atom is -0.494 e. The first-order chi connectivity index (χ1) is 12.8. The normalized spacial score (nSPS) is 10.3. The van der Waals surface area contributed by atoms with E-state index in [0.29, 0.717) is 12.2 Å². The highest BCUT2D eigenvalue weighted by Gasteiger charge is 2.11. The van der Waals surface area contributed by atoms with Crippen molar-refractivity contribution in [3.63, 3.8) is 0 Å². The molecule has 3 rings (SSSR count). The van der Waals surface area contributed by atoms with Crippen molar-refractivity contribution in [2.24, 2.45) is 0 Å². The summed E-state index contributed by atoms with van der Waals surface area (Å²) in [6.07, 6.45) is 0. The monoisotopic (exact) mass is 363 g/mol. The number of hydrogen-bond donors (Lipinski definition) is 1. The van der Waals surface area contributed by atoms with Crippen LogP contribution in [0.3, 0.4) is 0 Å². The van der Waals surface area contributed by atoms with Crippen molar-refractivity contribution in [2.75, 3.05) is 11.9 Å². The molecule has 0 saturated heterocycles. The first-order valence-electron chi connectivity index (χ1n) is 8.56. The lowest BCUT2D eigenvalue weighted by atomic mass is 10.1. The summed E-state index contributed by atoms with van der Waals surface area (Å²) in [7, 11) is 0. The fraction of sp³-hybridized carbons (Fsp3) is 0.136. The highest BCUT2D eigenvalue weighted by molar-refractivity contribution is 7.98. The lowest BCUT2D eigenvalue weighted by molar-refractivity contribution is 0.102. The number of anilines is 1. The van der Waals surface area contributed by atoms with Crippen LogP contribution in [0.4, 0.5) is 5.69 Å². The van der Waals surface area contributed by atoms with Gasteiger partial charge in [-0.15, -0.1) is 11.8 Å². The van der Waals surface area contributed by atoms with E-state index in [0.717, 1.165) is 22.8 Å². The Labute approximate surface area is 158 Å². The largest absolute Gasteiger partial charge is 0.494 e. The van der Waals surface area contributed by atoms with E-state index in [2.05, 4.69) is 17.4 Å². The van der Waals surface area contributed by atoms with Gasteiger partial charge in [-0.3, -0.25) is 4.79 Å². The summed E-state index contributed by atoms with van der Waals surface area (Å²) in [5, 5.41) is 2.92. The standard InChI is InChI=1S/C22H21NO2S/c1-2-25-21-14-13-17(22(24)23-19-9-5-3-6-10-19)15-18(21)16-26-20-11-7-4-8-12-20/h3-15H,2,16H2,1H3,(H,23,24). The molecule has 0 spiro atoms. The van der Waals surface area contributed by atoms with E-state index in [9.17, 15) is 4.79 Å². The molecule has 0 bridgehead atoms. The molecule has 0 radical (unpaired) electrons. The third-order valence-corrected chi connectivity index (χ3v) is 4.85. The van der Waals surface area contributed by atoms with Gasteiger partial charge in [0.2, 0.25) is 0 Å². The Hall–Kier alpha value is -2.72. The average molecular weight is 363 g/mol. The molecular weight excluding hydrogens is 342 g/mol. The van der Waals surface area contributed by atoms with Gasteiger partial charge < -0.3 is 10.1 Å². The number of carbonyl (C=O) groups is 1. The van der Waals surface area contributed by atoms with Crippen LogP contribution in [0.15, 0.2) is 83.8 Å². The van der Waals surface area contributed by atoms with Crippen molar-refractivity contribution < 1.29 is 9.53 Å². The highest BCUT2D eigenvalue weighted by atomic mass is 32.2. The van der Waals surface area contributed by atoms with Crippen LogP contribution in [0.1, 0.15) is 22.8 Å². The number of carbonyl (C=O) groups excluding carboxylic acids is 1. The average Bonchev–Trinajstić information content (AvgIpc) is 2.69. The Kier molecular flexibility index (Phi) is 6.34. The van der Waals surface area contributed by atoms with Crippen LogP contribution >= 0.6 is 11.8 Å². The third kappa shape index (κ3) is 4.90. The van der Waals surface area contributed by atoms with Gasteiger partial charge in [-0.2, -0.15) is 0 Å². The van der Waals surface area contributed by atoms with Crippen molar-refractivity contribution in [2.45, 2.75) is 17.6 Å². The Balaban J connectivity index is 1.77. The van der Waals surface area contributed by atoms with E-state index in [1.165, 1.54) is 4.90 Å². The van der Waals surface area contributed by atoms with Gasteiger partial charge in [0.15, 0.2) is 0 Å². The summed E-state index contributed by atoms with van der Waals surface area (Å²) >= 11 is 1.73. The van der Waals surface area contributed by atoms with Crippen LogP contribution in [0, 0.1) is 0 Å². The molecular formula is C22H21NO2S. The van der Waals surface area contributed by atoms with Crippen molar-refractivity contribution in [1.82, 2.24) is 0 Å². The number of nitrogens with one attached hydrogen (secondary N) is 1. The molecule has 1 amide bonds. The van der Waals surface area contributed by atoms with Crippen molar-refractivity contribution in [3.05, 3.63) is 90.0 Å².